The zero-order valence-corrected chi connectivity index (χ0v) is 17.4. The van der Waals surface area contributed by atoms with Gasteiger partial charge in [0.15, 0.2) is 0 Å². The molecule has 0 saturated heterocycles. The van der Waals surface area contributed by atoms with Crippen LogP contribution in [0.15, 0.2) is 22.8 Å². The Bertz CT molecular complexity index is 606. The molecule has 0 spiro atoms. The minimum Gasteiger partial charge on any atom is -0.365 e. The second-order valence-corrected chi connectivity index (χ2v) is 8.20. The highest BCUT2D eigenvalue weighted by Crippen LogP contribution is 2.52. The number of ether oxygens (including phenoxy) is 3. The summed E-state index contributed by atoms with van der Waals surface area (Å²) in [6.07, 6.45) is 6.48. The van der Waals surface area contributed by atoms with E-state index in [2.05, 4.69) is 19.9 Å². The van der Waals surface area contributed by atoms with Crippen molar-refractivity contribution in [2.75, 3.05) is 20.5 Å². The quantitative estimate of drug-likeness (QED) is 0.326. The molecule has 0 aromatic heterocycles. The Hall–Kier alpha value is -1.30. The van der Waals surface area contributed by atoms with Gasteiger partial charge in [0.05, 0.1) is 12.7 Å². The lowest BCUT2D eigenvalue weighted by molar-refractivity contribution is -0.117. The SMILES string of the molecule is COCO[C@@H]1C[C@@H](C)[C@@](C)(CCC(C)=O)C2=C1[C@@H](/C=C(\C)CCC=O)OC2. The van der Waals surface area contributed by atoms with E-state index in [0.717, 1.165) is 31.1 Å². The molecule has 2 rings (SSSR count). The van der Waals surface area contributed by atoms with Gasteiger partial charge in [-0.05, 0) is 55.6 Å². The third-order valence-corrected chi connectivity index (χ3v) is 6.23. The highest BCUT2D eigenvalue weighted by atomic mass is 16.7. The Balaban J connectivity index is 2.36. The van der Waals surface area contributed by atoms with Crippen molar-refractivity contribution in [3.63, 3.8) is 0 Å². The maximum Gasteiger partial charge on any atom is 0.147 e. The van der Waals surface area contributed by atoms with Crippen molar-refractivity contribution in [1.82, 2.24) is 0 Å². The lowest BCUT2D eigenvalue weighted by Crippen LogP contribution is -2.40. The normalized spacial score (nSPS) is 31.1. The number of ketones is 1. The molecule has 5 nitrogen and oxygen atoms in total. The Morgan fingerprint density at radius 1 is 1.33 bits per heavy atom. The molecule has 0 unspecified atom stereocenters. The van der Waals surface area contributed by atoms with E-state index in [1.165, 1.54) is 11.1 Å². The van der Waals surface area contributed by atoms with Crippen LogP contribution in [0.3, 0.4) is 0 Å². The average Bonchev–Trinajstić information content (AvgIpc) is 3.05. The fourth-order valence-electron chi connectivity index (χ4n) is 4.30. The fraction of sp³-hybridized carbons (Fsp3) is 0.727. The van der Waals surface area contributed by atoms with Crippen molar-refractivity contribution in [2.45, 2.75) is 72.0 Å². The summed E-state index contributed by atoms with van der Waals surface area (Å²) in [5.74, 6) is 0.614. The highest BCUT2D eigenvalue weighted by molar-refractivity contribution is 5.75. The molecule has 0 aromatic carbocycles. The third-order valence-electron chi connectivity index (χ3n) is 6.23. The predicted octanol–water partition coefficient (Wildman–Crippen LogP) is 4.01. The van der Waals surface area contributed by atoms with Crippen LogP contribution < -0.4 is 0 Å². The molecule has 1 aliphatic heterocycles. The van der Waals surface area contributed by atoms with E-state index < -0.39 is 0 Å². The van der Waals surface area contributed by atoms with E-state index in [-0.39, 0.29) is 30.2 Å². The summed E-state index contributed by atoms with van der Waals surface area (Å²) < 4.78 is 17.3. The van der Waals surface area contributed by atoms with Gasteiger partial charge in [0, 0.05) is 20.0 Å². The first-order valence-corrected chi connectivity index (χ1v) is 9.89. The van der Waals surface area contributed by atoms with E-state index in [1.807, 2.05) is 6.92 Å². The Morgan fingerprint density at radius 3 is 2.70 bits per heavy atom. The van der Waals surface area contributed by atoms with Crippen molar-refractivity contribution in [2.24, 2.45) is 11.3 Å². The lowest BCUT2D eigenvalue weighted by Gasteiger charge is -2.44. The molecular weight excluding hydrogens is 344 g/mol. The molecule has 1 aliphatic carbocycles. The second-order valence-electron chi connectivity index (χ2n) is 8.20. The standard InChI is InChI=1S/C22H34O5/c1-15(7-6-10-23)11-19-21-18(13-26-19)22(4,9-8-17(3)24)16(2)12-20(21)27-14-25-5/h10-11,16,19-20H,6-9,12-14H2,1-5H3/b15-11+/t16-,19-,20-,22-/m1/s1. The van der Waals surface area contributed by atoms with Crippen molar-refractivity contribution < 1.29 is 23.8 Å². The van der Waals surface area contributed by atoms with E-state index >= 15 is 0 Å². The fourth-order valence-corrected chi connectivity index (χ4v) is 4.30. The van der Waals surface area contributed by atoms with Crippen LogP contribution in [0.25, 0.3) is 0 Å². The number of rotatable bonds is 10. The number of carbonyl (C=O) groups excluding carboxylic acids is 2. The largest absolute Gasteiger partial charge is 0.365 e. The molecule has 0 bridgehead atoms. The van der Waals surface area contributed by atoms with Gasteiger partial charge in [0.25, 0.3) is 0 Å². The molecule has 2 aliphatic rings. The average molecular weight is 379 g/mol. The summed E-state index contributed by atoms with van der Waals surface area (Å²) in [5.41, 5.74) is 3.57. The molecule has 1 heterocycles. The van der Waals surface area contributed by atoms with E-state index in [1.54, 1.807) is 14.0 Å². The van der Waals surface area contributed by atoms with Crippen LogP contribution in [0, 0.1) is 11.3 Å². The molecule has 152 valence electrons. The topological polar surface area (TPSA) is 61.8 Å². The van der Waals surface area contributed by atoms with Crippen LogP contribution in [0.4, 0.5) is 0 Å². The van der Waals surface area contributed by atoms with Crippen LogP contribution in [0.5, 0.6) is 0 Å². The van der Waals surface area contributed by atoms with Crippen LogP contribution in [-0.2, 0) is 23.8 Å². The third kappa shape index (κ3) is 5.15. The number of methoxy groups -OCH3 is 1. The molecule has 5 heteroatoms. The minimum absolute atomic E-state index is 0.0389. The van der Waals surface area contributed by atoms with Crippen molar-refractivity contribution >= 4 is 12.1 Å². The number of hydrogen-bond acceptors (Lipinski definition) is 5. The molecule has 0 saturated carbocycles. The maximum absolute atomic E-state index is 11.6. The smallest absolute Gasteiger partial charge is 0.147 e. The highest BCUT2D eigenvalue weighted by Gasteiger charge is 2.48. The van der Waals surface area contributed by atoms with Crippen LogP contribution in [0.2, 0.25) is 0 Å². The maximum atomic E-state index is 11.6. The number of aldehydes is 1. The van der Waals surface area contributed by atoms with E-state index in [0.29, 0.717) is 25.4 Å². The van der Waals surface area contributed by atoms with Gasteiger partial charge in [-0.2, -0.15) is 0 Å². The van der Waals surface area contributed by atoms with Crippen LogP contribution in [-0.4, -0.2) is 44.8 Å². The molecule has 0 aromatic rings. The number of allylic oxidation sites excluding steroid dienone is 1. The van der Waals surface area contributed by atoms with Gasteiger partial charge in [0.2, 0.25) is 0 Å². The van der Waals surface area contributed by atoms with Crippen molar-refractivity contribution in [3.8, 4) is 0 Å². The van der Waals surface area contributed by atoms with Gasteiger partial charge in [-0.15, -0.1) is 0 Å². The summed E-state index contributed by atoms with van der Waals surface area (Å²) in [6, 6.07) is 0. The van der Waals surface area contributed by atoms with Crippen LogP contribution >= 0.6 is 0 Å². The Kier molecular flexibility index (Phi) is 7.95. The van der Waals surface area contributed by atoms with Gasteiger partial charge in [-0.1, -0.05) is 25.5 Å². The summed E-state index contributed by atoms with van der Waals surface area (Å²) in [4.78, 5) is 22.3. The first-order valence-electron chi connectivity index (χ1n) is 9.89. The molecule has 27 heavy (non-hydrogen) atoms. The second kappa shape index (κ2) is 9.76. The Morgan fingerprint density at radius 2 is 2.07 bits per heavy atom. The van der Waals surface area contributed by atoms with Gasteiger partial charge in [-0.3, -0.25) is 0 Å². The molecule has 0 fully saturated rings. The molecular formula is C22H34O5. The first kappa shape index (κ1) is 22.0. The summed E-state index contributed by atoms with van der Waals surface area (Å²) >= 11 is 0. The van der Waals surface area contributed by atoms with Gasteiger partial charge < -0.3 is 23.8 Å². The van der Waals surface area contributed by atoms with E-state index in [4.69, 9.17) is 14.2 Å². The first-order chi connectivity index (χ1) is 12.8. The number of hydrogen-bond donors (Lipinski definition) is 0. The minimum atomic E-state index is -0.127. The zero-order valence-electron chi connectivity index (χ0n) is 17.4. The number of Topliss-reactive ketones (excluding diaryl/α,β-unsaturated/α-hetero) is 1. The lowest BCUT2D eigenvalue weighted by atomic mass is 9.62. The predicted molar refractivity (Wildman–Crippen MR) is 104 cm³/mol. The van der Waals surface area contributed by atoms with Gasteiger partial charge in [-0.25, -0.2) is 0 Å². The Labute approximate surface area is 163 Å². The summed E-state index contributed by atoms with van der Waals surface area (Å²) in [6.45, 7) is 9.02. The van der Waals surface area contributed by atoms with Gasteiger partial charge >= 0.3 is 0 Å². The van der Waals surface area contributed by atoms with Gasteiger partial charge in [0.1, 0.15) is 25.0 Å². The molecule has 4 atom stereocenters. The van der Waals surface area contributed by atoms with Crippen molar-refractivity contribution in [1.29, 1.82) is 0 Å². The number of carbonyl (C=O) groups is 2. The molecule has 0 N–H and O–H groups in total. The van der Waals surface area contributed by atoms with Crippen molar-refractivity contribution in [3.05, 3.63) is 22.8 Å². The monoisotopic (exact) mass is 378 g/mol. The summed E-state index contributed by atoms with van der Waals surface area (Å²) in [5, 5.41) is 0. The summed E-state index contributed by atoms with van der Waals surface area (Å²) in [7, 11) is 1.63. The molecule has 0 radical (unpaired) electrons. The van der Waals surface area contributed by atoms with E-state index in [9.17, 15) is 9.59 Å². The molecule has 0 amide bonds. The zero-order chi connectivity index (χ0) is 20.0. The van der Waals surface area contributed by atoms with Crippen LogP contribution in [0.1, 0.15) is 59.8 Å².